The first-order valence-electron chi connectivity index (χ1n) is 6.54. The molecule has 0 unspecified atom stereocenters. The first-order chi connectivity index (χ1) is 8.86. The highest BCUT2D eigenvalue weighted by molar-refractivity contribution is 5.95. The van der Waals surface area contributed by atoms with Gasteiger partial charge in [-0.2, -0.15) is 0 Å². The van der Waals surface area contributed by atoms with Crippen LogP contribution in [0.2, 0.25) is 0 Å². The summed E-state index contributed by atoms with van der Waals surface area (Å²) in [5.74, 6) is 0.219. The Bertz CT molecular complexity index is 441. The highest BCUT2D eigenvalue weighted by Crippen LogP contribution is 2.28. The minimum Gasteiger partial charge on any atom is -0.497 e. The van der Waals surface area contributed by atoms with Gasteiger partial charge in [-0.15, -0.1) is 0 Å². The predicted molar refractivity (Wildman–Crippen MR) is 77.3 cm³/mol. The molecule has 0 aliphatic rings. The van der Waals surface area contributed by atoms with Crippen LogP contribution in [0.25, 0.3) is 0 Å². The van der Waals surface area contributed by atoms with Crippen molar-refractivity contribution in [1.82, 2.24) is 0 Å². The average Bonchev–Trinajstić information content (AvgIpc) is 2.34. The fourth-order valence-corrected chi connectivity index (χ4v) is 2.04. The fourth-order valence-electron chi connectivity index (χ4n) is 2.04. The number of ether oxygens (including phenoxy) is 1. The van der Waals surface area contributed by atoms with E-state index in [0.29, 0.717) is 17.2 Å². The van der Waals surface area contributed by atoms with Gasteiger partial charge in [-0.3, -0.25) is 0 Å². The van der Waals surface area contributed by atoms with Gasteiger partial charge in [0.1, 0.15) is 5.75 Å². The number of benzene rings is 1. The SMILES string of the molecule is COc1ccc(C(=O)O)c(N(CC(C)C)C(C)C)c1. The second kappa shape index (κ2) is 6.45. The van der Waals surface area contributed by atoms with Crippen LogP contribution in [0.5, 0.6) is 5.75 Å². The zero-order valence-corrected chi connectivity index (χ0v) is 12.3. The Balaban J connectivity index is 3.28. The van der Waals surface area contributed by atoms with Gasteiger partial charge in [-0.1, -0.05) is 13.8 Å². The largest absolute Gasteiger partial charge is 0.497 e. The van der Waals surface area contributed by atoms with E-state index >= 15 is 0 Å². The summed E-state index contributed by atoms with van der Waals surface area (Å²) in [5, 5.41) is 9.33. The van der Waals surface area contributed by atoms with E-state index in [1.165, 1.54) is 0 Å². The van der Waals surface area contributed by atoms with E-state index in [1.807, 2.05) is 0 Å². The van der Waals surface area contributed by atoms with Crippen molar-refractivity contribution < 1.29 is 14.6 Å². The molecular formula is C15H23NO3. The Hall–Kier alpha value is -1.71. The number of anilines is 1. The summed E-state index contributed by atoms with van der Waals surface area (Å²) in [7, 11) is 1.59. The van der Waals surface area contributed by atoms with Crippen molar-refractivity contribution >= 4 is 11.7 Å². The van der Waals surface area contributed by atoms with E-state index in [2.05, 4.69) is 32.6 Å². The second-order valence-electron chi connectivity index (χ2n) is 5.33. The van der Waals surface area contributed by atoms with Crippen LogP contribution in [0, 0.1) is 5.92 Å². The number of nitrogens with zero attached hydrogens (tertiary/aromatic N) is 1. The lowest BCUT2D eigenvalue weighted by Crippen LogP contribution is -2.35. The van der Waals surface area contributed by atoms with Crippen LogP contribution in [0.1, 0.15) is 38.1 Å². The van der Waals surface area contributed by atoms with Crippen LogP contribution < -0.4 is 9.64 Å². The summed E-state index contributed by atoms with van der Waals surface area (Å²) < 4.78 is 5.20. The lowest BCUT2D eigenvalue weighted by Gasteiger charge is -2.32. The third-order valence-corrected chi connectivity index (χ3v) is 2.93. The topological polar surface area (TPSA) is 49.8 Å². The van der Waals surface area contributed by atoms with Gasteiger partial charge >= 0.3 is 5.97 Å². The molecule has 0 saturated heterocycles. The Morgan fingerprint density at radius 1 is 1.32 bits per heavy atom. The van der Waals surface area contributed by atoms with E-state index in [1.54, 1.807) is 25.3 Å². The number of rotatable bonds is 6. The molecule has 0 aromatic heterocycles. The molecule has 0 aliphatic heterocycles. The molecule has 0 heterocycles. The molecule has 1 N–H and O–H groups in total. The zero-order valence-electron chi connectivity index (χ0n) is 12.3. The molecular weight excluding hydrogens is 242 g/mol. The molecule has 4 heteroatoms. The maximum Gasteiger partial charge on any atom is 0.337 e. The molecule has 0 atom stereocenters. The first kappa shape index (κ1) is 15.3. The molecule has 4 nitrogen and oxygen atoms in total. The number of carbonyl (C=O) groups is 1. The van der Waals surface area contributed by atoms with E-state index < -0.39 is 5.97 Å². The third kappa shape index (κ3) is 3.88. The van der Waals surface area contributed by atoms with Gasteiger partial charge in [0.2, 0.25) is 0 Å². The number of methoxy groups -OCH3 is 1. The molecule has 0 fully saturated rings. The van der Waals surface area contributed by atoms with Gasteiger partial charge in [0.15, 0.2) is 0 Å². The van der Waals surface area contributed by atoms with Crippen LogP contribution >= 0.6 is 0 Å². The number of hydrogen-bond donors (Lipinski definition) is 1. The van der Waals surface area contributed by atoms with Gasteiger partial charge < -0.3 is 14.7 Å². The minimum absolute atomic E-state index is 0.229. The monoisotopic (exact) mass is 265 g/mol. The number of carboxylic acid groups (broad SMARTS) is 1. The summed E-state index contributed by atoms with van der Waals surface area (Å²) in [5.41, 5.74) is 1.03. The summed E-state index contributed by atoms with van der Waals surface area (Å²) in [6.45, 7) is 9.18. The molecule has 106 valence electrons. The van der Waals surface area contributed by atoms with E-state index in [-0.39, 0.29) is 6.04 Å². The quantitative estimate of drug-likeness (QED) is 0.857. The van der Waals surface area contributed by atoms with Crippen molar-refractivity contribution in [3.05, 3.63) is 23.8 Å². The van der Waals surface area contributed by atoms with Crippen LogP contribution in [0.3, 0.4) is 0 Å². The van der Waals surface area contributed by atoms with Crippen molar-refractivity contribution in [3.63, 3.8) is 0 Å². The van der Waals surface area contributed by atoms with Gasteiger partial charge in [0.25, 0.3) is 0 Å². The van der Waals surface area contributed by atoms with Gasteiger partial charge in [0.05, 0.1) is 18.4 Å². The predicted octanol–water partition coefficient (Wildman–Crippen LogP) is 3.26. The van der Waals surface area contributed by atoms with Crippen molar-refractivity contribution in [2.75, 3.05) is 18.6 Å². The Labute approximate surface area is 115 Å². The number of aromatic carboxylic acids is 1. The maximum absolute atomic E-state index is 11.4. The fraction of sp³-hybridized carbons (Fsp3) is 0.533. The van der Waals surface area contributed by atoms with Crippen LogP contribution in [0.4, 0.5) is 5.69 Å². The smallest absolute Gasteiger partial charge is 0.337 e. The Kier molecular flexibility index (Phi) is 5.21. The molecule has 1 aromatic rings. The molecule has 0 bridgehead atoms. The third-order valence-electron chi connectivity index (χ3n) is 2.93. The molecule has 0 spiro atoms. The minimum atomic E-state index is -0.910. The lowest BCUT2D eigenvalue weighted by molar-refractivity contribution is 0.0697. The number of hydrogen-bond acceptors (Lipinski definition) is 3. The Morgan fingerprint density at radius 2 is 1.95 bits per heavy atom. The van der Waals surface area contributed by atoms with Crippen molar-refractivity contribution in [1.29, 1.82) is 0 Å². The van der Waals surface area contributed by atoms with Gasteiger partial charge in [0, 0.05) is 18.7 Å². The molecule has 1 rings (SSSR count). The highest BCUT2D eigenvalue weighted by Gasteiger charge is 2.20. The summed E-state index contributed by atoms with van der Waals surface area (Å²) >= 11 is 0. The molecule has 1 aromatic carbocycles. The highest BCUT2D eigenvalue weighted by atomic mass is 16.5. The standard InChI is InChI=1S/C15H23NO3/c1-10(2)9-16(11(3)4)14-8-12(19-5)6-7-13(14)15(17)18/h6-8,10-11H,9H2,1-5H3,(H,17,18). The van der Waals surface area contributed by atoms with E-state index in [0.717, 1.165) is 12.2 Å². The van der Waals surface area contributed by atoms with Gasteiger partial charge in [-0.05, 0) is 31.9 Å². The average molecular weight is 265 g/mol. The molecule has 19 heavy (non-hydrogen) atoms. The maximum atomic E-state index is 11.4. The summed E-state index contributed by atoms with van der Waals surface area (Å²) in [6.07, 6.45) is 0. The van der Waals surface area contributed by atoms with Crippen molar-refractivity contribution in [2.45, 2.75) is 33.7 Å². The lowest BCUT2D eigenvalue weighted by atomic mass is 10.1. The second-order valence-corrected chi connectivity index (χ2v) is 5.33. The summed E-state index contributed by atoms with van der Waals surface area (Å²) in [6, 6.07) is 5.31. The number of carboxylic acids is 1. The summed E-state index contributed by atoms with van der Waals surface area (Å²) in [4.78, 5) is 13.5. The van der Waals surface area contributed by atoms with Crippen LogP contribution in [-0.4, -0.2) is 30.8 Å². The van der Waals surface area contributed by atoms with Gasteiger partial charge in [-0.25, -0.2) is 4.79 Å². The normalized spacial score (nSPS) is 10.9. The molecule has 0 amide bonds. The Morgan fingerprint density at radius 3 is 2.37 bits per heavy atom. The molecule has 0 radical (unpaired) electrons. The first-order valence-corrected chi connectivity index (χ1v) is 6.54. The molecule has 0 aliphatic carbocycles. The van der Waals surface area contributed by atoms with E-state index in [9.17, 15) is 9.90 Å². The van der Waals surface area contributed by atoms with Crippen molar-refractivity contribution in [2.24, 2.45) is 5.92 Å². The van der Waals surface area contributed by atoms with Crippen molar-refractivity contribution in [3.8, 4) is 5.75 Å². The van der Waals surface area contributed by atoms with Crippen LogP contribution in [-0.2, 0) is 0 Å². The van der Waals surface area contributed by atoms with Crippen LogP contribution in [0.15, 0.2) is 18.2 Å². The molecule has 0 saturated carbocycles. The van der Waals surface area contributed by atoms with E-state index in [4.69, 9.17) is 4.74 Å². The zero-order chi connectivity index (χ0) is 14.6.